The summed E-state index contributed by atoms with van der Waals surface area (Å²) in [5.74, 6) is 0.566. The number of allylic oxidation sites excluding steroid dienone is 2. The molecule has 0 saturated carbocycles. The van der Waals surface area contributed by atoms with Crippen molar-refractivity contribution in [3.05, 3.63) is 142 Å². The number of halogens is 1. The molecule has 1 aliphatic heterocycles. The Kier molecular flexibility index (Phi) is 11.9. The van der Waals surface area contributed by atoms with Crippen molar-refractivity contribution >= 4 is 60.0 Å². The molecule has 2 N–H and O–H groups in total. The molecular weight excluding hydrogens is 726 g/mol. The second kappa shape index (κ2) is 15.9. The summed E-state index contributed by atoms with van der Waals surface area (Å²) < 4.78 is 19.5. The van der Waals surface area contributed by atoms with Crippen LogP contribution in [0.25, 0.3) is 11.6 Å². The Morgan fingerprint density at radius 3 is 2.12 bits per heavy atom. The minimum absolute atomic E-state index is 0.134. The molecule has 248 valence electrons. The molecule has 0 fully saturated rings. The molecule has 4 aromatic carbocycles. The third kappa shape index (κ3) is 8.06. The third-order valence-electron chi connectivity index (χ3n) is 8.93. The quantitative estimate of drug-likeness (QED) is 0.0864. The average molecular weight is 771 g/mol. The molecule has 48 heavy (non-hydrogen) atoms. The smallest absolute Gasteiger partial charge is 0.458 e. The van der Waals surface area contributed by atoms with Gasteiger partial charge in [-0.05, 0) is 90.8 Å². The largest absolute Gasteiger partial charge is 0.504 e. The van der Waals surface area contributed by atoms with Crippen LogP contribution in [0.1, 0.15) is 44.7 Å². The second-order valence-corrected chi connectivity index (χ2v) is 18.6. The van der Waals surface area contributed by atoms with Crippen molar-refractivity contribution in [3.8, 4) is 11.5 Å². The summed E-state index contributed by atoms with van der Waals surface area (Å²) in [4.78, 5) is 0. The fourth-order valence-electron chi connectivity index (χ4n) is 6.59. The van der Waals surface area contributed by atoms with E-state index in [1.165, 1.54) is 10.4 Å². The Morgan fingerprint density at radius 2 is 1.56 bits per heavy atom. The Hall–Kier alpha value is -3.41. The SMILES string of the molecule is C=C(CO[Si](c1ccccc1)(c1ccccc1)C(C)(C)C)C1=CCB(O)OC1CC/C(=C/c1cc(I)c(O)c(OC)c1)c1ccccc1. The van der Waals surface area contributed by atoms with Crippen molar-refractivity contribution in [1.29, 1.82) is 0 Å². The highest BCUT2D eigenvalue weighted by atomic mass is 127. The van der Waals surface area contributed by atoms with E-state index >= 15 is 0 Å². The molecule has 1 heterocycles. The van der Waals surface area contributed by atoms with Crippen LogP contribution in [0.5, 0.6) is 11.5 Å². The monoisotopic (exact) mass is 770 g/mol. The van der Waals surface area contributed by atoms with Gasteiger partial charge in [0.05, 0.1) is 23.4 Å². The highest BCUT2D eigenvalue weighted by Crippen LogP contribution is 2.39. The van der Waals surface area contributed by atoms with Crippen LogP contribution < -0.4 is 15.1 Å². The Labute approximate surface area is 300 Å². The molecule has 0 spiro atoms. The van der Waals surface area contributed by atoms with Crippen LogP contribution in [-0.2, 0) is 9.08 Å². The van der Waals surface area contributed by atoms with Crippen LogP contribution in [0.2, 0.25) is 11.4 Å². The van der Waals surface area contributed by atoms with Crippen LogP contribution in [0, 0.1) is 3.57 Å². The number of phenols is 1. The van der Waals surface area contributed by atoms with Crippen LogP contribution in [0.15, 0.2) is 127 Å². The fourth-order valence-corrected chi connectivity index (χ4v) is 11.8. The van der Waals surface area contributed by atoms with E-state index in [0.717, 1.165) is 27.8 Å². The Balaban J connectivity index is 1.42. The molecule has 0 amide bonds. The minimum Gasteiger partial charge on any atom is -0.504 e. The number of benzene rings is 4. The van der Waals surface area contributed by atoms with Gasteiger partial charge in [-0.15, -0.1) is 0 Å². The van der Waals surface area contributed by atoms with Gasteiger partial charge in [0.25, 0.3) is 8.32 Å². The number of hydrogen-bond donors (Lipinski definition) is 2. The van der Waals surface area contributed by atoms with Gasteiger partial charge in [0.1, 0.15) is 0 Å². The van der Waals surface area contributed by atoms with E-state index in [1.807, 2.05) is 42.5 Å². The van der Waals surface area contributed by atoms with Gasteiger partial charge in [-0.25, -0.2) is 0 Å². The summed E-state index contributed by atoms with van der Waals surface area (Å²) in [5.41, 5.74) is 4.97. The summed E-state index contributed by atoms with van der Waals surface area (Å²) in [6.45, 7) is 11.7. The zero-order valence-electron chi connectivity index (χ0n) is 28.2. The van der Waals surface area contributed by atoms with Crippen molar-refractivity contribution in [2.45, 2.75) is 51.1 Å². The fraction of sp³-hybridized carbons (Fsp3) is 0.250. The lowest BCUT2D eigenvalue weighted by atomic mass is 9.78. The van der Waals surface area contributed by atoms with Gasteiger partial charge in [-0.2, -0.15) is 0 Å². The van der Waals surface area contributed by atoms with Crippen molar-refractivity contribution in [2.75, 3.05) is 13.7 Å². The van der Waals surface area contributed by atoms with Crippen molar-refractivity contribution in [2.24, 2.45) is 0 Å². The molecule has 1 aliphatic rings. The molecule has 5 rings (SSSR count). The first-order chi connectivity index (χ1) is 23.0. The molecule has 1 atom stereocenters. The van der Waals surface area contributed by atoms with E-state index in [2.05, 4.69) is 123 Å². The van der Waals surface area contributed by atoms with E-state index in [9.17, 15) is 10.1 Å². The maximum absolute atomic E-state index is 10.6. The molecule has 4 aromatic rings. The van der Waals surface area contributed by atoms with Gasteiger partial charge >= 0.3 is 7.12 Å². The molecule has 0 aromatic heterocycles. The predicted octanol–water partition coefficient (Wildman–Crippen LogP) is 8.26. The van der Waals surface area contributed by atoms with E-state index in [4.69, 9.17) is 13.8 Å². The van der Waals surface area contributed by atoms with Crippen LogP contribution in [0.4, 0.5) is 0 Å². The highest BCUT2D eigenvalue weighted by Gasteiger charge is 2.50. The van der Waals surface area contributed by atoms with Gasteiger partial charge in [0.15, 0.2) is 11.5 Å². The zero-order valence-corrected chi connectivity index (χ0v) is 31.3. The molecular formula is C40H44BIO5Si. The number of ether oxygens (including phenoxy) is 1. The molecule has 0 bridgehead atoms. The van der Waals surface area contributed by atoms with Crippen LogP contribution in [-0.4, -0.2) is 45.4 Å². The summed E-state index contributed by atoms with van der Waals surface area (Å²) in [5, 5.41) is 23.3. The summed E-state index contributed by atoms with van der Waals surface area (Å²) in [6.07, 6.45) is 5.55. The van der Waals surface area contributed by atoms with E-state index in [1.54, 1.807) is 7.11 Å². The van der Waals surface area contributed by atoms with Crippen LogP contribution >= 0.6 is 22.6 Å². The number of phenolic OH excluding ortho intramolecular Hbond substituents is 1. The molecule has 5 nitrogen and oxygen atoms in total. The van der Waals surface area contributed by atoms with E-state index in [-0.39, 0.29) is 16.9 Å². The van der Waals surface area contributed by atoms with Gasteiger partial charge in [-0.3, -0.25) is 0 Å². The van der Waals surface area contributed by atoms with Crippen molar-refractivity contribution in [1.82, 2.24) is 0 Å². The zero-order chi connectivity index (χ0) is 34.3. The van der Waals surface area contributed by atoms with Gasteiger partial charge in [0, 0.05) is 6.32 Å². The molecule has 8 heteroatoms. The average Bonchev–Trinajstić information content (AvgIpc) is 3.09. The Bertz CT molecular complexity index is 1710. The number of aromatic hydroxyl groups is 1. The predicted molar refractivity (Wildman–Crippen MR) is 209 cm³/mol. The molecule has 0 aliphatic carbocycles. The minimum atomic E-state index is -2.77. The van der Waals surface area contributed by atoms with Crippen molar-refractivity contribution < 1.29 is 23.9 Å². The first-order valence-electron chi connectivity index (χ1n) is 16.3. The van der Waals surface area contributed by atoms with Gasteiger partial charge in [0.2, 0.25) is 0 Å². The lowest BCUT2D eigenvalue weighted by Crippen LogP contribution is -2.66. The molecule has 0 saturated heterocycles. The molecule has 0 radical (unpaired) electrons. The van der Waals surface area contributed by atoms with E-state index < -0.39 is 15.4 Å². The van der Waals surface area contributed by atoms with Crippen molar-refractivity contribution in [3.63, 3.8) is 0 Å². The second-order valence-electron chi connectivity index (χ2n) is 13.2. The standard InChI is InChI=1S/C40H44BIO5Si/c1-29(28-46-48(40(2,3)4,33-17-11-7-12-18-33)34-19-13-8-14-20-34)35-23-24-41(44)47-37(35)22-21-32(31-15-9-6-10-16-31)25-30-26-36(42)39(43)38(27-30)45-5/h6-20,23,25-27,37,43-44H,1,21-22,24,28H2,2-5H3/b32-25-. The lowest BCUT2D eigenvalue weighted by Gasteiger charge is -2.43. The van der Waals surface area contributed by atoms with Gasteiger partial charge < -0.3 is 23.9 Å². The van der Waals surface area contributed by atoms with Crippen LogP contribution in [0.3, 0.4) is 0 Å². The summed E-state index contributed by atoms with van der Waals surface area (Å²) in [7, 11) is -2.09. The summed E-state index contributed by atoms with van der Waals surface area (Å²) in [6, 6.07) is 35.3. The first kappa shape index (κ1) is 35.9. The topological polar surface area (TPSA) is 68.2 Å². The highest BCUT2D eigenvalue weighted by molar-refractivity contribution is 14.1. The lowest BCUT2D eigenvalue weighted by molar-refractivity contribution is 0.182. The molecule has 1 unspecified atom stereocenters. The summed E-state index contributed by atoms with van der Waals surface area (Å²) >= 11 is 2.12. The van der Waals surface area contributed by atoms with Gasteiger partial charge in [-0.1, -0.05) is 130 Å². The normalized spacial score (nSPS) is 15.6. The number of rotatable bonds is 12. The van der Waals surface area contributed by atoms with E-state index in [0.29, 0.717) is 35.1 Å². The number of methoxy groups -OCH3 is 1. The number of hydrogen-bond acceptors (Lipinski definition) is 5. The first-order valence-corrected chi connectivity index (χ1v) is 19.3. The maximum atomic E-state index is 10.6. The maximum Gasteiger partial charge on any atom is 0.458 e. The Morgan fingerprint density at radius 1 is 0.979 bits per heavy atom. The third-order valence-corrected chi connectivity index (χ3v) is 14.7.